The van der Waals surface area contributed by atoms with Gasteiger partial charge in [-0.15, -0.1) is 0 Å². The Morgan fingerprint density at radius 2 is 1.83 bits per heavy atom. The van der Waals surface area contributed by atoms with E-state index in [4.69, 9.17) is 18.9 Å². The van der Waals surface area contributed by atoms with E-state index in [0.29, 0.717) is 36.8 Å². The van der Waals surface area contributed by atoms with Crippen LogP contribution in [0.25, 0.3) is 0 Å². The highest BCUT2D eigenvalue weighted by Gasteiger charge is 2.20. The first-order valence-electron chi connectivity index (χ1n) is 9.51. The average Bonchev–Trinajstić information content (AvgIpc) is 2.63. The molecule has 0 aromatic heterocycles. The minimum Gasteiger partial charge on any atom is -0.486 e. The first kappa shape index (κ1) is 22.3. The summed E-state index contributed by atoms with van der Waals surface area (Å²) in [4.78, 5) is 35.6. The van der Waals surface area contributed by atoms with Gasteiger partial charge < -0.3 is 29.6 Å². The molecule has 1 heterocycles. The summed E-state index contributed by atoms with van der Waals surface area (Å²) in [7, 11) is 0. The van der Waals surface area contributed by atoms with Gasteiger partial charge in [0.2, 0.25) is 0 Å². The van der Waals surface area contributed by atoms with Crippen LogP contribution in [0.3, 0.4) is 0 Å². The van der Waals surface area contributed by atoms with Crippen molar-refractivity contribution in [2.24, 2.45) is 0 Å². The minimum absolute atomic E-state index is 0.0669. The largest absolute Gasteiger partial charge is 0.486 e. The lowest BCUT2D eigenvalue weighted by Crippen LogP contribution is -2.33. The molecule has 0 fully saturated rings. The lowest BCUT2D eigenvalue weighted by Gasteiger charge is -2.20. The summed E-state index contributed by atoms with van der Waals surface area (Å²) in [5, 5.41) is 5.23. The Kier molecular flexibility index (Phi) is 7.69. The van der Waals surface area contributed by atoms with Crippen LogP contribution in [-0.2, 0) is 19.1 Å². The predicted molar refractivity (Wildman–Crippen MR) is 105 cm³/mol. The van der Waals surface area contributed by atoms with Crippen LogP contribution in [0.1, 0.15) is 40.5 Å². The zero-order valence-electron chi connectivity index (χ0n) is 17.2. The molecule has 0 spiro atoms. The lowest BCUT2D eigenvalue weighted by atomic mass is 10.2. The fraction of sp³-hybridized carbons (Fsp3) is 0.550. The summed E-state index contributed by atoms with van der Waals surface area (Å²) in [5.74, 6) is 0.188. The molecule has 2 amide bonds. The number of hydrogen-bond acceptors (Lipinski definition) is 7. The average molecular weight is 408 g/mol. The summed E-state index contributed by atoms with van der Waals surface area (Å²) in [6.07, 6.45) is -1.07. The molecule has 1 aromatic rings. The molecule has 29 heavy (non-hydrogen) atoms. The number of rotatable bonds is 7. The Balaban J connectivity index is 1.69. The normalized spacial score (nSPS) is 13.8. The topological polar surface area (TPSA) is 112 Å². The van der Waals surface area contributed by atoms with Gasteiger partial charge in [-0.3, -0.25) is 9.59 Å². The summed E-state index contributed by atoms with van der Waals surface area (Å²) < 4.78 is 21.1. The number of amides is 2. The van der Waals surface area contributed by atoms with Crippen LogP contribution in [0.2, 0.25) is 0 Å². The highest BCUT2D eigenvalue weighted by molar-refractivity contribution is 5.95. The van der Waals surface area contributed by atoms with Crippen molar-refractivity contribution >= 4 is 23.7 Å². The molecule has 1 aliphatic rings. The molecule has 2 rings (SSSR count). The van der Waals surface area contributed by atoms with E-state index in [-0.39, 0.29) is 13.0 Å². The van der Waals surface area contributed by atoms with E-state index in [1.807, 2.05) is 0 Å². The van der Waals surface area contributed by atoms with Gasteiger partial charge in [-0.25, -0.2) is 4.79 Å². The second kappa shape index (κ2) is 9.99. The van der Waals surface area contributed by atoms with Crippen molar-refractivity contribution in [3.8, 4) is 11.5 Å². The van der Waals surface area contributed by atoms with Crippen molar-refractivity contribution in [1.29, 1.82) is 0 Å². The number of anilines is 1. The predicted octanol–water partition coefficient (Wildman–Crippen LogP) is 2.63. The van der Waals surface area contributed by atoms with Gasteiger partial charge >= 0.3 is 12.1 Å². The molecule has 1 aromatic carbocycles. The fourth-order valence-corrected chi connectivity index (χ4v) is 2.41. The number of nitrogens with one attached hydrogen (secondary N) is 2. The minimum atomic E-state index is -0.963. The highest BCUT2D eigenvalue weighted by atomic mass is 16.6. The van der Waals surface area contributed by atoms with Gasteiger partial charge in [-0.05, 0) is 46.2 Å². The van der Waals surface area contributed by atoms with E-state index >= 15 is 0 Å². The van der Waals surface area contributed by atoms with Gasteiger partial charge in [-0.2, -0.15) is 0 Å². The van der Waals surface area contributed by atoms with Gasteiger partial charge in [0.05, 0.1) is 0 Å². The van der Waals surface area contributed by atoms with Crippen LogP contribution in [0, 0.1) is 0 Å². The standard InChI is InChI=1S/C20H28N2O7/c1-13(28-17(23)6-5-9-21-19(25)29-20(2,3)4)18(24)22-14-7-8-15-16(12-14)27-11-10-26-15/h7-8,12-13H,5-6,9-11H2,1-4H3,(H,21,25)(H,22,24)/t13-/m1/s1. The Morgan fingerprint density at radius 1 is 1.14 bits per heavy atom. The molecule has 0 aliphatic carbocycles. The van der Waals surface area contributed by atoms with Crippen molar-refractivity contribution in [2.75, 3.05) is 25.1 Å². The first-order valence-corrected chi connectivity index (χ1v) is 9.51. The van der Waals surface area contributed by atoms with Crippen LogP contribution in [0.15, 0.2) is 18.2 Å². The summed E-state index contributed by atoms with van der Waals surface area (Å²) >= 11 is 0. The maximum atomic E-state index is 12.2. The molecule has 1 atom stereocenters. The monoisotopic (exact) mass is 408 g/mol. The number of carbonyl (C=O) groups excluding carboxylic acids is 3. The molecule has 0 saturated heterocycles. The number of alkyl carbamates (subject to hydrolysis) is 1. The van der Waals surface area contributed by atoms with E-state index in [9.17, 15) is 14.4 Å². The summed E-state index contributed by atoms with van der Waals surface area (Å²) in [6, 6.07) is 5.05. The first-order chi connectivity index (χ1) is 13.6. The van der Waals surface area contributed by atoms with Crippen LogP contribution < -0.4 is 20.1 Å². The molecular weight excluding hydrogens is 380 g/mol. The SMILES string of the molecule is C[C@@H](OC(=O)CCCNC(=O)OC(C)(C)C)C(=O)Nc1ccc2c(c1)OCCO2. The summed E-state index contributed by atoms with van der Waals surface area (Å²) in [5.41, 5.74) is -0.0630. The molecule has 0 unspecified atom stereocenters. The van der Waals surface area contributed by atoms with E-state index in [0.717, 1.165) is 0 Å². The molecule has 160 valence electrons. The molecule has 0 radical (unpaired) electrons. The van der Waals surface area contributed by atoms with Crippen molar-refractivity contribution < 1.29 is 33.3 Å². The number of fused-ring (bicyclic) bond motifs is 1. The third-order valence-corrected chi connectivity index (χ3v) is 3.71. The van der Waals surface area contributed by atoms with Gasteiger partial charge in [0.25, 0.3) is 5.91 Å². The highest BCUT2D eigenvalue weighted by Crippen LogP contribution is 2.32. The van der Waals surface area contributed by atoms with E-state index in [1.165, 1.54) is 6.92 Å². The van der Waals surface area contributed by atoms with Crippen LogP contribution >= 0.6 is 0 Å². The third kappa shape index (κ3) is 7.89. The maximum absolute atomic E-state index is 12.2. The zero-order chi connectivity index (χ0) is 21.4. The van der Waals surface area contributed by atoms with E-state index in [1.54, 1.807) is 39.0 Å². The summed E-state index contributed by atoms with van der Waals surface area (Å²) in [6.45, 7) is 7.98. The Bertz CT molecular complexity index is 743. The number of ether oxygens (including phenoxy) is 4. The zero-order valence-corrected chi connectivity index (χ0v) is 17.2. The molecule has 2 N–H and O–H groups in total. The van der Waals surface area contributed by atoms with Crippen LogP contribution in [-0.4, -0.2) is 49.4 Å². The van der Waals surface area contributed by atoms with Crippen molar-refractivity contribution in [2.45, 2.75) is 52.2 Å². The van der Waals surface area contributed by atoms with Crippen molar-refractivity contribution in [3.05, 3.63) is 18.2 Å². The molecule has 0 saturated carbocycles. The molecule has 9 heteroatoms. The molecule has 9 nitrogen and oxygen atoms in total. The van der Waals surface area contributed by atoms with E-state index < -0.39 is 29.7 Å². The lowest BCUT2D eigenvalue weighted by molar-refractivity contribution is -0.153. The van der Waals surface area contributed by atoms with Crippen LogP contribution in [0.5, 0.6) is 11.5 Å². The number of hydrogen-bond donors (Lipinski definition) is 2. The number of benzene rings is 1. The Labute approximate surface area is 170 Å². The van der Waals surface area contributed by atoms with Gasteiger partial charge in [0.15, 0.2) is 17.6 Å². The quantitative estimate of drug-likeness (QED) is 0.527. The molecular formula is C20H28N2O7. The van der Waals surface area contributed by atoms with Gasteiger partial charge in [0, 0.05) is 24.7 Å². The fourth-order valence-electron chi connectivity index (χ4n) is 2.41. The Hall–Kier alpha value is -2.97. The van der Waals surface area contributed by atoms with Crippen molar-refractivity contribution in [1.82, 2.24) is 5.32 Å². The maximum Gasteiger partial charge on any atom is 0.407 e. The van der Waals surface area contributed by atoms with Crippen molar-refractivity contribution in [3.63, 3.8) is 0 Å². The third-order valence-electron chi connectivity index (χ3n) is 3.71. The Morgan fingerprint density at radius 3 is 2.52 bits per heavy atom. The number of carbonyl (C=O) groups is 3. The second-order valence-corrected chi connectivity index (χ2v) is 7.51. The smallest absolute Gasteiger partial charge is 0.407 e. The van der Waals surface area contributed by atoms with Gasteiger partial charge in [-0.1, -0.05) is 0 Å². The molecule has 0 bridgehead atoms. The second-order valence-electron chi connectivity index (χ2n) is 7.51. The van der Waals surface area contributed by atoms with Gasteiger partial charge in [0.1, 0.15) is 18.8 Å². The van der Waals surface area contributed by atoms with E-state index in [2.05, 4.69) is 10.6 Å². The molecule has 1 aliphatic heterocycles. The number of esters is 1. The van der Waals surface area contributed by atoms with Crippen LogP contribution in [0.4, 0.5) is 10.5 Å².